The Labute approximate surface area is 196 Å². The predicted molar refractivity (Wildman–Crippen MR) is 129 cm³/mol. The fraction of sp³-hybridized carbons (Fsp3) is 0.154. The molecule has 0 aliphatic carbocycles. The molecular formula is C26H22ClFN4O. The standard InChI is InChI=1S/C26H22ClFN4O/c27-20-7-4-8-23(17-20)30-13-15-31(16-14-30)26(33)25-18-24(19-5-2-1-3-6-19)29-32(25)22-11-9-21(28)10-12-22/h1-12,17-18H,13-16H2. The lowest BCUT2D eigenvalue weighted by molar-refractivity contribution is 0.0737. The van der Waals surface area contributed by atoms with E-state index in [1.807, 2.05) is 65.6 Å². The highest BCUT2D eigenvalue weighted by Gasteiger charge is 2.26. The summed E-state index contributed by atoms with van der Waals surface area (Å²) in [6.07, 6.45) is 0. The van der Waals surface area contributed by atoms with E-state index in [0.29, 0.717) is 48.3 Å². The van der Waals surface area contributed by atoms with Crippen LogP contribution in [0.15, 0.2) is 84.9 Å². The van der Waals surface area contributed by atoms with Gasteiger partial charge in [-0.2, -0.15) is 5.10 Å². The number of piperazine rings is 1. The van der Waals surface area contributed by atoms with Crippen LogP contribution < -0.4 is 4.90 Å². The Hall–Kier alpha value is -3.64. The number of aromatic nitrogens is 2. The van der Waals surface area contributed by atoms with E-state index in [0.717, 1.165) is 11.3 Å². The number of halogens is 2. The molecule has 1 fully saturated rings. The molecule has 7 heteroatoms. The monoisotopic (exact) mass is 460 g/mol. The Morgan fingerprint density at radius 2 is 1.55 bits per heavy atom. The van der Waals surface area contributed by atoms with E-state index < -0.39 is 0 Å². The summed E-state index contributed by atoms with van der Waals surface area (Å²) in [6, 6.07) is 25.3. The molecule has 0 N–H and O–H groups in total. The summed E-state index contributed by atoms with van der Waals surface area (Å²) in [5, 5.41) is 5.39. The normalized spacial score (nSPS) is 13.9. The number of benzene rings is 3. The number of carbonyl (C=O) groups is 1. The van der Waals surface area contributed by atoms with E-state index in [4.69, 9.17) is 16.7 Å². The van der Waals surface area contributed by atoms with Gasteiger partial charge in [-0.1, -0.05) is 48.0 Å². The first-order valence-electron chi connectivity index (χ1n) is 10.8. The molecule has 1 saturated heterocycles. The van der Waals surface area contributed by atoms with E-state index >= 15 is 0 Å². The van der Waals surface area contributed by atoms with Crippen LogP contribution >= 0.6 is 11.6 Å². The second kappa shape index (κ2) is 9.08. The zero-order chi connectivity index (χ0) is 22.8. The van der Waals surface area contributed by atoms with Crippen molar-refractivity contribution in [2.75, 3.05) is 31.1 Å². The number of amides is 1. The summed E-state index contributed by atoms with van der Waals surface area (Å²) in [5.41, 5.74) is 3.76. The Bertz CT molecular complexity index is 1270. The van der Waals surface area contributed by atoms with Gasteiger partial charge in [-0.05, 0) is 48.5 Å². The van der Waals surface area contributed by atoms with Crippen molar-refractivity contribution in [1.82, 2.24) is 14.7 Å². The third-order valence-corrected chi connectivity index (χ3v) is 6.04. The highest BCUT2D eigenvalue weighted by atomic mass is 35.5. The molecule has 0 atom stereocenters. The lowest BCUT2D eigenvalue weighted by Crippen LogP contribution is -2.49. The average Bonchev–Trinajstić information content (AvgIpc) is 3.30. The molecule has 166 valence electrons. The predicted octanol–water partition coefficient (Wildman–Crippen LogP) is 5.29. The summed E-state index contributed by atoms with van der Waals surface area (Å²) in [6.45, 7) is 2.59. The van der Waals surface area contributed by atoms with Gasteiger partial charge in [0.25, 0.3) is 5.91 Å². The molecule has 2 heterocycles. The number of anilines is 1. The third-order valence-electron chi connectivity index (χ3n) is 5.81. The van der Waals surface area contributed by atoms with Crippen LogP contribution in [0.4, 0.5) is 10.1 Å². The molecule has 4 aromatic rings. The van der Waals surface area contributed by atoms with Gasteiger partial charge in [0.15, 0.2) is 0 Å². The first-order chi connectivity index (χ1) is 16.1. The van der Waals surface area contributed by atoms with Gasteiger partial charge in [0.2, 0.25) is 0 Å². The zero-order valence-corrected chi connectivity index (χ0v) is 18.6. The summed E-state index contributed by atoms with van der Waals surface area (Å²) < 4.78 is 15.1. The van der Waals surface area contributed by atoms with Crippen LogP contribution in [0.1, 0.15) is 10.5 Å². The van der Waals surface area contributed by atoms with E-state index in [9.17, 15) is 9.18 Å². The van der Waals surface area contributed by atoms with Crippen LogP contribution in [0.25, 0.3) is 16.9 Å². The van der Waals surface area contributed by atoms with Crippen molar-refractivity contribution in [2.45, 2.75) is 0 Å². The molecule has 3 aromatic carbocycles. The molecular weight excluding hydrogens is 439 g/mol. The maximum Gasteiger partial charge on any atom is 0.272 e. The van der Waals surface area contributed by atoms with Gasteiger partial charge in [-0.15, -0.1) is 0 Å². The molecule has 5 rings (SSSR count). The molecule has 0 radical (unpaired) electrons. The molecule has 5 nitrogen and oxygen atoms in total. The van der Waals surface area contributed by atoms with Crippen molar-refractivity contribution in [2.24, 2.45) is 0 Å². The fourth-order valence-corrected chi connectivity index (χ4v) is 4.25. The van der Waals surface area contributed by atoms with Crippen molar-refractivity contribution in [3.8, 4) is 16.9 Å². The van der Waals surface area contributed by atoms with Crippen LogP contribution in [0, 0.1) is 5.82 Å². The van der Waals surface area contributed by atoms with Gasteiger partial charge in [0.05, 0.1) is 11.4 Å². The molecule has 0 unspecified atom stereocenters. The smallest absolute Gasteiger partial charge is 0.272 e. The van der Waals surface area contributed by atoms with Gasteiger partial charge in [-0.3, -0.25) is 4.79 Å². The molecule has 33 heavy (non-hydrogen) atoms. The maximum atomic E-state index is 13.6. The van der Waals surface area contributed by atoms with E-state index in [2.05, 4.69) is 4.90 Å². The number of rotatable bonds is 4. The van der Waals surface area contributed by atoms with Gasteiger partial charge in [-0.25, -0.2) is 9.07 Å². The molecule has 0 saturated carbocycles. The Morgan fingerprint density at radius 3 is 2.24 bits per heavy atom. The summed E-state index contributed by atoms with van der Waals surface area (Å²) in [5.74, 6) is -0.432. The van der Waals surface area contributed by atoms with Crippen molar-refractivity contribution in [1.29, 1.82) is 0 Å². The van der Waals surface area contributed by atoms with Crippen molar-refractivity contribution >= 4 is 23.2 Å². The number of hydrogen-bond donors (Lipinski definition) is 0. The van der Waals surface area contributed by atoms with Gasteiger partial charge >= 0.3 is 0 Å². The van der Waals surface area contributed by atoms with Gasteiger partial charge in [0.1, 0.15) is 11.5 Å². The molecule has 0 bridgehead atoms. The van der Waals surface area contributed by atoms with E-state index in [1.165, 1.54) is 12.1 Å². The SMILES string of the molecule is O=C(c1cc(-c2ccccc2)nn1-c1ccc(F)cc1)N1CCN(c2cccc(Cl)c2)CC1. The quantitative estimate of drug-likeness (QED) is 0.415. The summed E-state index contributed by atoms with van der Waals surface area (Å²) in [4.78, 5) is 17.6. The molecule has 1 amide bonds. The minimum absolute atomic E-state index is 0.0975. The Kier molecular flexibility index (Phi) is 5.84. The largest absolute Gasteiger partial charge is 0.368 e. The van der Waals surface area contributed by atoms with Gasteiger partial charge < -0.3 is 9.80 Å². The second-order valence-corrected chi connectivity index (χ2v) is 8.36. The molecule has 0 spiro atoms. The Balaban J connectivity index is 1.42. The highest BCUT2D eigenvalue weighted by Crippen LogP contribution is 2.25. The van der Waals surface area contributed by atoms with Crippen LogP contribution in [0.5, 0.6) is 0 Å². The summed E-state index contributed by atoms with van der Waals surface area (Å²) >= 11 is 6.14. The number of nitrogens with zero attached hydrogens (tertiary/aromatic N) is 4. The molecule has 1 aliphatic rings. The van der Waals surface area contributed by atoms with Crippen LogP contribution in [0.3, 0.4) is 0 Å². The first-order valence-corrected chi connectivity index (χ1v) is 11.2. The highest BCUT2D eigenvalue weighted by molar-refractivity contribution is 6.30. The van der Waals surface area contributed by atoms with E-state index in [-0.39, 0.29) is 11.7 Å². The summed E-state index contributed by atoms with van der Waals surface area (Å²) in [7, 11) is 0. The lowest BCUT2D eigenvalue weighted by Gasteiger charge is -2.36. The molecule has 1 aromatic heterocycles. The third kappa shape index (κ3) is 4.47. The first kappa shape index (κ1) is 21.2. The Morgan fingerprint density at radius 1 is 0.818 bits per heavy atom. The van der Waals surface area contributed by atoms with Crippen molar-refractivity contribution in [3.63, 3.8) is 0 Å². The zero-order valence-electron chi connectivity index (χ0n) is 17.9. The van der Waals surface area contributed by atoms with Gasteiger partial charge in [0, 0.05) is 42.5 Å². The average molecular weight is 461 g/mol. The minimum atomic E-state index is -0.334. The number of carbonyl (C=O) groups excluding carboxylic acids is 1. The van der Waals surface area contributed by atoms with Crippen LogP contribution in [0.2, 0.25) is 5.02 Å². The van der Waals surface area contributed by atoms with Crippen molar-refractivity contribution in [3.05, 3.63) is 101 Å². The minimum Gasteiger partial charge on any atom is -0.368 e. The molecule has 1 aliphatic heterocycles. The second-order valence-electron chi connectivity index (χ2n) is 7.93. The van der Waals surface area contributed by atoms with Crippen LogP contribution in [-0.4, -0.2) is 46.8 Å². The maximum absolute atomic E-state index is 13.6. The van der Waals surface area contributed by atoms with Crippen LogP contribution in [-0.2, 0) is 0 Å². The topological polar surface area (TPSA) is 41.4 Å². The lowest BCUT2D eigenvalue weighted by atomic mass is 10.1. The van der Waals surface area contributed by atoms with Crippen molar-refractivity contribution < 1.29 is 9.18 Å². The fourth-order valence-electron chi connectivity index (χ4n) is 4.07. The number of hydrogen-bond acceptors (Lipinski definition) is 3. The van der Waals surface area contributed by atoms with E-state index in [1.54, 1.807) is 16.8 Å².